The van der Waals surface area contributed by atoms with E-state index in [9.17, 15) is 0 Å². The van der Waals surface area contributed by atoms with E-state index in [1.165, 1.54) is 39.2 Å². The minimum absolute atomic E-state index is 0.132. The summed E-state index contributed by atoms with van der Waals surface area (Å²) in [6, 6.07) is 60.6. The Morgan fingerprint density at radius 3 is 1.69 bits per heavy atom. The van der Waals surface area contributed by atoms with Gasteiger partial charge in [-0.25, -0.2) is 0 Å². The van der Waals surface area contributed by atoms with Crippen molar-refractivity contribution in [1.29, 1.82) is 0 Å². The maximum atomic E-state index is 7.19. The molecule has 1 aliphatic carbocycles. The third-order valence-electron chi connectivity index (χ3n) is 10.9. The van der Waals surface area contributed by atoms with Gasteiger partial charge < -0.3 is 14.2 Å². The standard InChI is InChI=1S/C49H36N2O/c1-49-33-12-11-21-43(49)46-44(51(49)40-18-9-4-10-19-40)32-31-42-41-20-13-22-45(47(41)52-48(42)46)50(38-27-23-36(24-28-38)34-14-5-2-6-15-34)39-29-25-37(26-30-39)35-16-7-3-8-17-35/h2-33,43H,1H3. The maximum absolute atomic E-state index is 7.19. The van der Waals surface area contributed by atoms with Crippen LogP contribution in [-0.2, 0) is 0 Å². The number of furan rings is 1. The third kappa shape index (κ3) is 4.74. The fraction of sp³-hybridized carbons (Fsp3) is 0.0612. The number of hydrogen-bond donors (Lipinski definition) is 0. The average Bonchev–Trinajstić information content (AvgIpc) is 3.72. The lowest BCUT2D eigenvalue weighted by molar-refractivity contribution is 0.539. The summed E-state index contributed by atoms with van der Waals surface area (Å²) in [4.78, 5) is 4.81. The van der Waals surface area contributed by atoms with Crippen molar-refractivity contribution >= 4 is 50.4 Å². The first kappa shape index (κ1) is 30.3. The fourth-order valence-electron chi connectivity index (χ4n) is 8.40. The highest BCUT2D eigenvalue weighted by Crippen LogP contribution is 2.57. The number of hydrogen-bond acceptors (Lipinski definition) is 3. The van der Waals surface area contributed by atoms with Gasteiger partial charge in [-0.15, -0.1) is 0 Å². The topological polar surface area (TPSA) is 19.6 Å². The highest BCUT2D eigenvalue weighted by atomic mass is 16.3. The zero-order valence-corrected chi connectivity index (χ0v) is 28.9. The van der Waals surface area contributed by atoms with E-state index in [0.717, 1.165) is 39.0 Å². The van der Waals surface area contributed by atoms with E-state index in [1.807, 2.05) is 0 Å². The van der Waals surface area contributed by atoms with Crippen LogP contribution in [0.15, 0.2) is 199 Å². The molecule has 10 rings (SSSR count). The van der Waals surface area contributed by atoms with Crippen molar-refractivity contribution in [3.05, 3.63) is 200 Å². The van der Waals surface area contributed by atoms with E-state index in [-0.39, 0.29) is 11.5 Å². The van der Waals surface area contributed by atoms with Crippen LogP contribution < -0.4 is 9.80 Å². The maximum Gasteiger partial charge on any atom is 0.159 e. The molecule has 0 fully saturated rings. The van der Waals surface area contributed by atoms with Crippen molar-refractivity contribution in [1.82, 2.24) is 0 Å². The normalized spacial score (nSPS) is 17.4. The van der Waals surface area contributed by atoms with Gasteiger partial charge in [0.1, 0.15) is 5.58 Å². The Labute approximate surface area is 304 Å². The van der Waals surface area contributed by atoms with Crippen LogP contribution in [0.25, 0.3) is 44.2 Å². The van der Waals surface area contributed by atoms with Crippen LogP contribution in [0.3, 0.4) is 0 Å². The van der Waals surface area contributed by atoms with Gasteiger partial charge in [0.25, 0.3) is 0 Å². The van der Waals surface area contributed by atoms with Crippen LogP contribution in [0.5, 0.6) is 0 Å². The second-order valence-electron chi connectivity index (χ2n) is 13.9. The third-order valence-corrected chi connectivity index (χ3v) is 10.9. The van der Waals surface area contributed by atoms with Gasteiger partial charge >= 0.3 is 0 Å². The molecule has 2 heterocycles. The lowest BCUT2D eigenvalue weighted by atomic mass is 9.80. The molecule has 3 heteroatoms. The molecule has 2 unspecified atom stereocenters. The Morgan fingerprint density at radius 1 is 0.519 bits per heavy atom. The van der Waals surface area contributed by atoms with E-state index in [2.05, 4.69) is 211 Å². The number of benzene rings is 7. The number of nitrogens with zero attached hydrogens (tertiary/aromatic N) is 2. The quantitative estimate of drug-likeness (QED) is 0.176. The lowest BCUT2D eigenvalue weighted by Gasteiger charge is -2.39. The Kier molecular flexibility index (Phi) is 7.00. The van der Waals surface area contributed by atoms with Crippen molar-refractivity contribution in [2.75, 3.05) is 9.80 Å². The van der Waals surface area contributed by atoms with Gasteiger partial charge in [0.2, 0.25) is 0 Å². The molecule has 0 bridgehead atoms. The molecule has 0 saturated carbocycles. The zero-order valence-electron chi connectivity index (χ0n) is 28.9. The lowest BCUT2D eigenvalue weighted by Crippen LogP contribution is -2.41. The van der Waals surface area contributed by atoms with Crippen molar-refractivity contribution < 1.29 is 4.42 Å². The van der Waals surface area contributed by atoms with Crippen molar-refractivity contribution in [3.63, 3.8) is 0 Å². The number of allylic oxidation sites excluding steroid dienone is 2. The number of fused-ring (bicyclic) bond motifs is 7. The molecule has 0 radical (unpaired) electrons. The van der Waals surface area contributed by atoms with Crippen molar-refractivity contribution in [3.8, 4) is 22.3 Å². The first-order valence-electron chi connectivity index (χ1n) is 18.0. The molecule has 52 heavy (non-hydrogen) atoms. The van der Waals surface area contributed by atoms with Gasteiger partial charge in [-0.05, 0) is 83.8 Å². The van der Waals surface area contributed by atoms with Crippen molar-refractivity contribution in [2.45, 2.75) is 18.4 Å². The minimum Gasteiger partial charge on any atom is -0.453 e. The van der Waals surface area contributed by atoms with Crippen LogP contribution in [-0.4, -0.2) is 5.54 Å². The largest absolute Gasteiger partial charge is 0.453 e. The van der Waals surface area contributed by atoms with E-state index in [1.54, 1.807) is 0 Å². The monoisotopic (exact) mass is 668 g/mol. The van der Waals surface area contributed by atoms with Gasteiger partial charge in [0.05, 0.1) is 11.2 Å². The first-order valence-corrected chi connectivity index (χ1v) is 18.0. The summed E-state index contributed by atoms with van der Waals surface area (Å²) < 4.78 is 7.19. The summed E-state index contributed by atoms with van der Waals surface area (Å²) in [5, 5.41) is 2.24. The molecule has 2 atom stereocenters. The van der Waals surface area contributed by atoms with E-state index in [0.29, 0.717) is 0 Å². The molecule has 2 aliphatic rings. The number of para-hydroxylation sites is 2. The van der Waals surface area contributed by atoms with E-state index >= 15 is 0 Å². The van der Waals surface area contributed by atoms with E-state index in [4.69, 9.17) is 4.42 Å². The molecule has 0 spiro atoms. The first-order chi connectivity index (χ1) is 25.7. The van der Waals surface area contributed by atoms with Crippen LogP contribution in [0.4, 0.5) is 28.4 Å². The van der Waals surface area contributed by atoms with Crippen LogP contribution in [0, 0.1) is 0 Å². The second-order valence-corrected chi connectivity index (χ2v) is 13.9. The van der Waals surface area contributed by atoms with E-state index < -0.39 is 0 Å². The van der Waals surface area contributed by atoms with Gasteiger partial charge in [0.15, 0.2) is 5.58 Å². The highest BCUT2D eigenvalue weighted by molar-refractivity contribution is 6.13. The molecule has 3 nitrogen and oxygen atoms in total. The molecular weight excluding hydrogens is 633 g/mol. The number of anilines is 5. The summed E-state index contributed by atoms with van der Waals surface area (Å²) in [5.74, 6) is 0.132. The molecule has 7 aromatic carbocycles. The van der Waals surface area contributed by atoms with Crippen LogP contribution >= 0.6 is 0 Å². The molecule has 0 saturated heterocycles. The second kappa shape index (κ2) is 12.0. The Hall–Kier alpha value is -6.58. The fourth-order valence-corrected chi connectivity index (χ4v) is 8.40. The molecule has 0 amide bonds. The Balaban J connectivity index is 1.16. The zero-order chi connectivity index (χ0) is 34.6. The summed E-state index contributed by atoms with van der Waals surface area (Å²) in [7, 11) is 0. The molecular formula is C49H36N2O. The summed E-state index contributed by atoms with van der Waals surface area (Å²) in [5.41, 5.74) is 13.1. The molecule has 1 aromatic heterocycles. The van der Waals surface area contributed by atoms with Crippen LogP contribution in [0.1, 0.15) is 18.4 Å². The highest BCUT2D eigenvalue weighted by Gasteiger charge is 2.48. The predicted molar refractivity (Wildman–Crippen MR) is 217 cm³/mol. The molecule has 8 aromatic rings. The van der Waals surface area contributed by atoms with Gasteiger partial charge in [-0.3, -0.25) is 0 Å². The smallest absolute Gasteiger partial charge is 0.159 e. The Morgan fingerprint density at radius 2 is 1.08 bits per heavy atom. The molecule has 1 aliphatic heterocycles. The minimum atomic E-state index is -0.262. The average molecular weight is 669 g/mol. The van der Waals surface area contributed by atoms with Gasteiger partial charge in [0, 0.05) is 45.0 Å². The van der Waals surface area contributed by atoms with Crippen LogP contribution in [0.2, 0.25) is 0 Å². The molecule has 0 N–H and O–H groups in total. The summed E-state index contributed by atoms with van der Waals surface area (Å²) >= 11 is 0. The predicted octanol–water partition coefficient (Wildman–Crippen LogP) is 13.5. The Bertz CT molecular complexity index is 2540. The molecule has 248 valence electrons. The summed E-state index contributed by atoms with van der Waals surface area (Å²) in [6.45, 7) is 2.34. The van der Waals surface area contributed by atoms with Gasteiger partial charge in [-0.1, -0.05) is 140 Å². The summed E-state index contributed by atoms with van der Waals surface area (Å²) in [6.07, 6.45) is 9.03. The SMILES string of the molecule is CC12C=CC=CC1c1c(ccc3c1oc1c(N(c4ccc(-c5ccccc5)cc4)c4ccc(-c5ccccc5)cc4)cccc13)N2c1ccccc1. The van der Waals surface area contributed by atoms with Gasteiger partial charge in [-0.2, -0.15) is 0 Å². The van der Waals surface area contributed by atoms with Crippen molar-refractivity contribution in [2.24, 2.45) is 0 Å². The number of rotatable bonds is 6.